The van der Waals surface area contributed by atoms with Gasteiger partial charge in [-0.05, 0) is 30.3 Å². The maximum atomic E-state index is 13.6. The molecule has 9 heteroatoms. The number of aliphatic hydroxyl groups excluding tert-OH is 1. The highest BCUT2D eigenvalue weighted by atomic mass is 19.1. The number of halogens is 1. The molecule has 4 aromatic rings. The number of benzene rings is 2. The maximum absolute atomic E-state index is 13.6. The molecule has 32 heavy (non-hydrogen) atoms. The number of rotatable bonds is 6. The van der Waals surface area contributed by atoms with Crippen molar-refractivity contribution in [3.63, 3.8) is 0 Å². The molecule has 0 aliphatic rings. The van der Waals surface area contributed by atoms with Gasteiger partial charge in [0.15, 0.2) is 5.82 Å². The summed E-state index contributed by atoms with van der Waals surface area (Å²) in [6.07, 6.45) is 2.14. The number of ether oxygens (including phenoxy) is 1. The van der Waals surface area contributed by atoms with Gasteiger partial charge in [0.1, 0.15) is 11.6 Å². The Balaban J connectivity index is 1.71. The number of nitriles is 1. The molecular formula is C23H19FN6O2. The Hall–Kier alpha value is -4.13. The normalized spacial score (nSPS) is 11.7. The SMILES string of the molecule is Cn1nc(-c2cccc(F)c2)cc1Oc1cc(C#N)ccc1-c1ncc(C(O)CN)cn1. The average Bonchev–Trinajstić information content (AvgIpc) is 3.18. The van der Waals surface area contributed by atoms with E-state index in [4.69, 9.17) is 10.5 Å². The number of hydrogen-bond donors (Lipinski definition) is 2. The number of aryl methyl sites for hydroxylation is 1. The number of aliphatic hydroxyl groups is 1. The van der Waals surface area contributed by atoms with E-state index in [0.29, 0.717) is 45.4 Å². The molecule has 0 spiro atoms. The van der Waals surface area contributed by atoms with Crippen LogP contribution in [0.4, 0.5) is 4.39 Å². The summed E-state index contributed by atoms with van der Waals surface area (Å²) in [6, 6.07) is 14.8. The molecule has 0 aliphatic carbocycles. The summed E-state index contributed by atoms with van der Waals surface area (Å²) in [5.41, 5.74) is 8.07. The average molecular weight is 430 g/mol. The zero-order valence-electron chi connectivity index (χ0n) is 17.1. The second-order valence-corrected chi connectivity index (χ2v) is 7.02. The van der Waals surface area contributed by atoms with E-state index < -0.39 is 6.10 Å². The summed E-state index contributed by atoms with van der Waals surface area (Å²) in [5, 5.41) is 23.6. The lowest BCUT2D eigenvalue weighted by Crippen LogP contribution is -2.12. The first kappa shape index (κ1) is 21.1. The molecule has 0 saturated carbocycles. The lowest BCUT2D eigenvalue weighted by atomic mass is 10.1. The summed E-state index contributed by atoms with van der Waals surface area (Å²) >= 11 is 0. The predicted molar refractivity (Wildman–Crippen MR) is 115 cm³/mol. The van der Waals surface area contributed by atoms with Gasteiger partial charge in [0, 0.05) is 43.2 Å². The molecule has 4 rings (SSSR count). The lowest BCUT2D eigenvalue weighted by Gasteiger charge is -2.12. The Labute approximate surface area is 183 Å². The van der Waals surface area contributed by atoms with Gasteiger partial charge in [0.05, 0.1) is 29.0 Å². The monoisotopic (exact) mass is 430 g/mol. The largest absolute Gasteiger partial charge is 0.438 e. The van der Waals surface area contributed by atoms with Gasteiger partial charge >= 0.3 is 0 Å². The minimum absolute atomic E-state index is 0.0576. The number of hydrogen-bond acceptors (Lipinski definition) is 7. The van der Waals surface area contributed by atoms with E-state index in [2.05, 4.69) is 21.1 Å². The number of aromatic nitrogens is 4. The first-order chi connectivity index (χ1) is 15.5. The van der Waals surface area contributed by atoms with E-state index in [-0.39, 0.29) is 12.4 Å². The molecule has 0 amide bonds. The van der Waals surface area contributed by atoms with E-state index in [9.17, 15) is 14.8 Å². The molecule has 2 aromatic heterocycles. The van der Waals surface area contributed by atoms with Crippen LogP contribution in [0, 0.1) is 17.1 Å². The summed E-state index contributed by atoms with van der Waals surface area (Å²) < 4.78 is 21.2. The minimum Gasteiger partial charge on any atom is -0.438 e. The van der Waals surface area contributed by atoms with Gasteiger partial charge < -0.3 is 15.6 Å². The standard InChI is InChI=1S/C23H19FN6O2/c1-30-22(9-19(29-30)15-3-2-4-17(24)8-15)32-21-7-14(10-25)5-6-18(21)23-27-12-16(13-28-23)20(31)11-26/h2-9,12-13,20,31H,11,26H2,1H3. The van der Waals surface area contributed by atoms with Gasteiger partial charge in [0.2, 0.25) is 5.88 Å². The van der Waals surface area contributed by atoms with Crippen LogP contribution >= 0.6 is 0 Å². The van der Waals surface area contributed by atoms with Crippen LogP contribution in [-0.4, -0.2) is 31.4 Å². The quantitative estimate of drug-likeness (QED) is 0.481. The Morgan fingerprint density at radius 2 is 1.97 bits per heavy atom. The maximum Gasteiger partial charge on any atom is 0.218 e. The lowest BCUT2D eigenvalue weighted by molar-refractivity contribution is 0.186. The van der Waals surface area contributed by atoms with Crippen molar-refractivity contribution in [2.45, 2.75) is 6.10 Å². The highest BCUT2D eigenvalue weighted by Gasteiger charge is 2.16. The molecule has 8 nitrogen and oxygen atoms in total. The minimum atomic E-state index is -0.851. The summed E-state index contributed by atoms with van der Waals surface area (Å²) in [7, 11) is 1.70. The van der Waals surface area contributed by atoms with Crippen LogP contribution in [0.1, 0.15) is 17.2 Å². The molecule has 0 bridgehead atoms. The van der Waals surface area contributed by atoms with Crippen molar-refractivity contribution >= 4 is 0 Å². The van der Waals surface area contributed by atoms with Gasteiger partial charge in [0.25, 0.3) is 0 Å². The predicted octanol–water partition coefficient (Wildman–Crippen LogP) is 3.34. The van der Waals surface area contributed by atoms with Gasteiger partial charge in [-0.2, -0.15) is 10.4 Å². The molecule has 3 N–H and O–H groups in total. The van der Waals surface area contributed by atoms with E-state index in [1.54, 1.807) is 43.4 Å². The fraction of sp³-hybridized carbons (Fsp3) is 0.130. The molecular weight excluding hydrogens is 411 g/mol. The van der Waals surface area contributed by atoms with Crippen molar-refractivity contribution in [2.75, 3.05) is 6.54 Å². The number of nitrogens with zero attached hydrogens (tertiary/aromatic N) is 5. The Kier molecular flexibility index (Phi) is 5.89. The van der Waals surface area contributed by atoms with Crippen LogP contribution < -0.4 is 10.5 Å². The third kappa shape index (κ3) is 4.32. The Morgan fingerprint density at radius 3 is 2.66 bits per heavy atom. The van der Waals surface area contributed by atoms with Gasteiger partial charge in [-0.3, -0.25) is 0 Å². The van der Waals surface area contributed by atoms with Crippen molar-refractivity contribution in [1.82, 2.24) is 19.7 Å². The summed E-state index contributed by atoms with van der Waals surface area (Å²) in [4.78, 5) is 8.61. The molecule has 2 heterocycles. The van der Waals surface area contributed by atoms with Crippen molar-refractivity contribution in [2.24, 2.45) is 12.8 Å². The van der Waals surface area contributed by atoms with E-state index in [1.165, 1.54) is 29.2 Å². The third-order valence-electron chi connectivity index (χ3n) is 4.80. The van der Waals surface area contributed by atoms with Crippen molar-refractivity contribution in [3.05, 3.63) is 77.9 Å². The zero-order valence-corrected chi connectivity index (χ0v) is 17.1. The molecule has 0 aliphatic heterocycles. The molecule has 0 saturated heterocycles. The van der Waals surface area contributed by atoms with Crippen molar-refractivity contribution < 1.29 is 14.2 Å². The second kappa shape index (κ2) is 8.93. The van der Waals surface area contributed by atoms with Crippen LogP contribution in [0.3, 0.4) is 0 Å². The van der Waals surface area contributed by atoms with E-state index in [1.807, 2.05) is 0 Å². The first-order valence-electron chi connectivity index (χ1n) is 9.71. The summed E-state index contributed by atoms with van der Waals surface area (Å²) in [6.45, 7) is 0.0576. The van der Waals surface area contributed by atoms with Gasteiger partial charge in [-0.15, -0.1) is 0 Å². The smallest absolute Gasteiger partial charge is 0.218 e. The highest BCUT2D eigenvalue weighted by molar-refractivity contribution is 5.67. The topological polar surface area (TPSA) is 123 Å². The van der Waals surface area contributed by atoms with Crippen molar-refractivity contribution in [1.29, 1.82) is 5.26 Å². The molecule has 2 aromatic carbocycles. The Bertz CT molecular complexity index is 1300. The van der Waals surface area contributed by atoms with Crippen LogP contribution in [0.15, 0.2) is 60.9 Å². The highest BCUT2D eigenvalue weighted by Crippen LogP contribution is 2.34. The van der Waals surface area contributed by atoms with Crippen LogP contribution in [0.5, 0.6) is 11.6 Å². The van der Waals surface area contributed by atoms with Gasteiger partial charge in [-0.25, -0.2) is 19.0 Å². The van der Waals surface area contributed by atoms with Crippen LogP contribution in [-0.2, 0) is 7.05 Å². The van der Waals surface area contributed by atoms with E-state index in [0.717, 1.165) is 0 Å². The zero-order chi connectivity index (χ0) is 22.7. The fourth-order valence-corrected chi connectivity index (χ4v) is 3.09. The van der Waals surface area contributed by atoms with Crippen molar-refractivity contribution in [3.8, 4) is 40.3 Å². The van der Waals surface area contributed by atoms with Crippen LogP contribution in [0.25, 0.3) is 22.6 Å². The summed E-state index contributed by atoms with van der Waals surface area (Å²) in [5.74, 6) is 0.728. The molecule has 1 unspecified atom stereocenters. The first-order valence-corrected chi connectivity index (χ1v) is 9.71. The number of nitrogens with two attached hydrogens (primary N) is 1. The molecule has 1 atom stereocenters. The Morgan fingerprint density at radius 1 is 1.19 bits per heavy atom. The fourth-order valence-electron chi connectivity index (χ4n) is 3.09. The molecule has 0 radical (unpaired) electrons. The van der Waals surface area contributed by atoms with Crippen LogP contribution in [0.2, 0.25) is 0 Å². The molecule has 160 valence electrons. The molecule has 0 fully saturated rings. The second-order valence-electron chi connectivity index (χ2n) is 7.02. The third-order valence-corrected chi connectivity index (χ3v) is 4.80. The van der Waals surface area contributed by atoms with Gasteiger partial charge in [-0.1, -0.05) is 12.1 Å². The van der Waals surface area contributed by atoms with E-state index >= 15 is 0 Å².